The lowest BCUT2D eigenvalue weighted by molar-refractivity contribution is -0.149. The fourth-order valence-electron chi connectivity index (χ4n) is 1.59. The third-order valence-electron chi connectivity index (χ3n) is 2.32. The summed E-state index contributed by atoms with van der Waals surface area (Å²) in [4.78, 5) is 24.2. The van der Waals surface area contributed by atoms with Crippen molar-refractivity contribution >= 4 is 11.8 Å². The van der Waals surface area contributed by atoms with E-state index < -0.39 is 0 Å². The highest BCUT2D eigenvalue weighted by atomic mass is 16.2. The molecule has 1 heterocycles. The Labute approximate surface area is 83.5 Å². The van der Waals surface area contributed by atoms with Gasteiger partial charge in [-0.05, 0) is 12.3 Å². The SMILES string of the molecule is CC1CC(=O)N(CCCC#N)C(=O)C1. The molecule has 0 saturated carbocycles. The van der Waals surface area contributed by atoms with Crippen LogP contribution < -0.4 is 0 Å². The number of hydrogen-bond donors (Lipinski definition) is 0. The summed E-state index contributed by atoms with van der Waals surface area (Å²) in [5, 5.41) is 8.33. The molecule has 0 unspecified atom stereocenters. The second-order valence-corrected chi connectivity index (χ2v) is 3.71. The highest BCUT2D eigenvalue weighted by Crippen LogP contribution is 2.18. The largest absolute Gasteiger partial charge is 0.283 e. The molecule has 0 atom stereocenters. The second kappa shape index (κ2) is 4.75. The summed E-state index contributed by atoms with van der Waals surface area (Å²) in [6.45, 7) is 2.31. The van der Waals surface area contributed by atoms with Gasteiger partial charge in [-0.15, -0.1) is 0 Å². The summed E-state index contributed by atoms with van der Waals surface area (Å²) >= 11 is 0. The quantitative estimate of drug-likeness (QED) is 0.499. The van der Waals surface area contributed by atoms with Crippen molar-refractivity contribution in [3.63, 3.8) is 0 Å². The first-order valence-electron chi connectivity index (χ1n) is 4.85. The maximum atomic E-state index is 11.4. The molecule has 76 valence electrons. The van der Waals surface area contributed by atoms with Crippen molar-refractivity contribution in [2.45, 2.75) is 32.6 Å². The highest BCUT2D eigenvalue weighted by Gasteiger charge is 2.29. The van der Waals surface area contributed by atoms with Crippen molar-refractivity contribution in [3.05, 3.63) is 0 Å². The Morgan fingerprint density at radius 1 is 1.43 bits per heavy atom. The molecule has 0 bridgehead atoms. The molecule has 4 heteroatoms. The molecule has 0 radical (unpaired) electrons. The zero-order chi connectivity index (χ0) is 10.6. The van der Waals surface area contributed by atoms with Gasteiger partial charge in [0.25, 0.3) is 0 Å². The van der Waals surface area contributed by atoms with Crippen LogP contribution in [0.5, 0.6) is 0 Å². The number of rotatable bonds is 3. The van der Waals surface area contributed by atoms with E-state index in [4.69, 9.17) is 5.26 Å². The van der Waals surface area contributed by atoms with E-state index in [0.717, 1.165) is 0 Å². The lowest BCUT2D eigenvalue weighted by atomic mass is 9.97. The van der Waals surface area contributed by atoms with Crippen LogP contribution in [-0.2, 0) is 9.59 Å². The third-order valence-corrected chi connectivity index (χ3v) is 2.32. The lowest BCUT2D eigenvalue weighted by Gasteiger charge is -2.27. The molecule has 0 aromatic heterocycles. The van der Waals surface area contributed by atoms with Crippen molar-refractivity contribution in [1.82, 2.24) is 4.90 Å². The fourth-order valence-corrected chi connectivity index (χ4v) is 1.59. The fraction of sp³-hybridized carbons (Fsp3) is 0.700. The molecule has 1 aliphatic rings. The zero-order valence-electron chi connectivity index (χ0n) is 8.32. The average molecular weight is 194 g/mol. The van der Waals surface area contributed by atoms with Crippen LogP contribution in [0, 0.1) is 17.2 Å². The Morgan fingerprint density at radius 3 is 2.50 bits per heavy atom. The minimum Gasteiger partial charge on any atom is -0.283 e. The molecule has 1 aliphatic heterocycles. The number of carbonyl (C=O) groups is 2. The third kappa shape index (κ3) is 2.56. The second-order valence-electron chi connectivity index (χ2n) is 3.71. The first-order chi connectivity index (χ1) is 6.65. The number of unbranched alkanes of at least 4 members (excludes halogenated alkanes) is 1. The molecule has 1 fully saturated rings. The standard InChI is InChI=1S/C10H14N2O2/c1-8-6-9(13)12(10(14)7-8)5-3-2-4-11/h8H,2-3,5-7H2,1H3. The van der Waals surface area contributed by atoms with Crippen LogP contribution in [0.2, 0.25) is 0 Å². The van der Waals surface area contributed by atoms with Gasteiger partial charge in [-0.3, -0.25) is 14.5 Å². The number of imide groups is 1. The Morgan fingerprint density at radius 2 is 2.00 bits per heavy atom. The van der Waals surface area contributed by atoms with Crippen LogP contribution in [0.25, 0.3) is 0 Å². The first-order valence-corrected chi connectivity index (χ1v) is 4.85. The van der Waals surface area contributed by atoms with Gasteiger partial charge in [0.05, 0.1) is 6.07 Å². The Bertz CT molecular complexity index is 262. The van der Waals surface area contributed by atoms with Crippen LogP contribution in [-0.4, -0.2) is 23.3 Å². The summed E-state index contributed by atoms with van der Waals surface area (Å²) < 4.78 is 0. The van der Waals surface area contributed by atoms with Crippen LogP contribution >= 0.6 is 0 Å². The summed E-state index contributed by atoms with van der Waals surface area (Å²) in [5.74, 6) is -0.0133. The monoisotopic (exact) mass is 194 g/mol. The van der Waals surface area contributed by atoms with Gasteiger partial charge >= 0.3 is 0 Å². The van der Waals surface area contributed by atoms with Crippen molar-refractivity contribution in [2.24, 2.45) is 5.92 Å². The first kappa shape index (κ1) is 10.7. The van der Waals surface area contributed by atoms with Crippen LogP contribution in [0.15, 0.2) is 0 Å². The summed E-state index contributed by atoms with van der Waals surface area (Å²) in [5.41, 5.74) is 0. The smallest absolute Gasteiger partial charge is 0.229 e. The van der Waals surface area contributed by atoms with Crippen molar-refractivity contribution in [1.29, 1.82) is 5.26 Å². The molecule has 0 spiro atoms. The van der Waals surface area contributed by atoms with Gasteiger partial charge in [-0.1, -0.05) is 6.92 Å². The number of hydrogen-bond acceptors (Lipinski definition) is 3. The Kier molecular flexibility index (Phi) is 3.63. The maximum Gasteiger partial charge on any atom is 0.229 e. The number of likely N-dealkylation sites (tertiary alicyclic amines) is 1. The molecule has 0 aliphatic carbocycles. The van der Waals surface area contributed by atoms with Gasteiger partial charge < -0.3 is 0 Å². The molecule has 0 aromatic carbocycles. The van der Waals surface area contributed by atoms with E-state index in [1.807, 2.05) is 13.0 Å². The topological polar surface area (TPSA) is 61.2 Å². The van der Waals surface area contributed by atoms with Gasteiger partial charge in [-0.2, -0.15) is 5.26 Å². The molecule has 1 rings (SSSR count). The van der Waals surface area contributed by atoms with Crippen molar-refractivity contribution < 1.29 is 9.59 Å². The summed E-state index contributed by atoms with van der Waals surface area (Å²) in [6, 6.07) is 2.00. The van der Waals surface area contributed by atoms with Gasteiger partial charge in [-0.25, -0.2) is 0 Å². The van der Waals surface area contributed by atoms with E-state index in [1.54, 1.807) is 0 Å². The maximum absolute atomic E-state index is 11.4. The molecule has 14 heavy (non-hydrogen) atoms. The van der Waals surface area contributed by atoms with E-state index in [-0.39, 0.29) is 17.7 Å². The number of carbonyl (C=O) groups excluding carboxylic acids is 2. The van der Waals surface area contributed by atoms with Gasteiger partial charge in [0, 0.05) is 25.8 Å². The lowest BCUT2D eigenvalue weighted by Crippen LogP contribution is -2.43. The molecule has 2 amide bonds. The predicted molar refractivity (Wildman–Crippen MR) is 50.0 cm³/mol. The summed E-state index contributed by atoms with van der Waals surface area (Å²) in [7, 11) is 0. The van der Waals surface area contributed by atoms with Crippen molar-refractivity contribution in [3.8, 4) is 6.07 Å². The number of nitriles is 1. The van der Waals surface area contributed by atoms with Crippen molar-refractivity contribution in [2.75, 3.05) is 6.54 Å². The molecule has 0 aromatic rings. The van der Waals surface area contributed by atoms with E-state index in [9.17, 15) is 9.59 Å². The molecule has 4 nitrogen and oxygen atoms in total. The molecule has 0 N–H and O–H groups in total. The van der Waals surface area contributed by atoms with Gasteiger partial charge in [0.2, 0.25) is 11.8 Å². The van der Waals surface area contributed by atoms with Crippen LogP contribution in [0.4, 0.5) is 0 Å². The highest BCUT2D eigenvalue weighted by molar-refractivity contribution is 5.97. The van der Waals surface area contributed by atoms with Gasteiger partial charge in [0.15, 0.2) is 0 Å². The average Bonchev–Trinajstić information content (AvgIpc) is 2.09. The minimum absolute atomic E-state index is 0.0910. The zero-order valence-corrected chi connectivity index (χ0v) is 8.32. The van der Waals surface area contributed by atoms with E-state index in [1.165, 1.54) is 4.90 Å². The van der Waals surface area contributed by atoms with Crippen LogP contribution in [0.3, 0.4) is 0 Å². The number of amides is 2. The predicted octanol–water partition coefficient (Wildman–Crippen LogP) is 1.08. The molecular formula is C10H14N2O2. The number of piperidine rings is 1. The minimum atomic E-state index is -0.0910. The molecule has 1 saturated heterocycles. The number of nitrogens with zero attached hydrogens (tertiary/aromatic N) is 2. The summed E-state index contributed by atoms with van der Waals surface area (Å²) in [6.07, 6.45) is 1.89. The Balaban J connectivity index is 2.47. The van der Waals surface area contributed by atoms with E-state index in [0.29, 0.717) is 32.2 Å². The van der Waals surface area contributed by atoms with E-state index in [2.05, 4.69) is 0 Å². The molecular weight excluding hydrogens is 180 g/mol. The van der Waals surface area contributed by atoms with Gasteiger partial charge in [0.1, 0.15) is 0 Å². The van der Waals surface area contributed by atoms with E-state index >= 15 is 0 Å². The normalized spacial score (nSPS) is 18.4. The van der Waals surface area contributed by atoms with Crippen LogP contribution in [0.1, 0.15) is 32.6 Å². The Hall–Kier alpha value is -1.37.